The number of aromatic amines is 1. The molecule has 0 bridgehead atoms. The molecule has 0 saturated carbocycles. The number of nitrogens with one attached hydrogen (secondary N) is 4. The number of aromatic nitrogens is 3. The second-order valence-corrected chi connectivity index (χ2v) is 23.4. The maximum Gasteiger partial charge on any atom is 0.256 e. The number of ketones is 1. The fourth-order valence-corrected chi connectivity index (χ4v) is 11.0. The third-order valence-corrected chi connectivity index (χ3v) is 15.7. The Kier molecular flexibility index (Phi) is 21.1. The van der Waals surface area contributed by atoms with Gasteiger partial charge in [-0.2, -0.15) is 5.10 Å². The van der Waals surface area contributed by atoms with E-state index in [1.165, 1.54) is 4.90 Å². The van der Waals surface area contributed by atoms with Crippen LogP contribution in [-0.2, 0) is 45.5 Å². The first-order valence-electron chi connectivity index (χ1n) is 27.5. The Hall–Kier alpha value is -6.68. The molecule has 20 heteroatoms. The summed E-state index contributed by atoms with van der Waals surface area (Å²) >= 11 is 1.57. The fraction of sp³-hybridized carbons (Fsp3) is 0.500. The SMILES string of the molecule is Cc1ncsc1-c1ccc([C@H](C)NC(=O)[C@@H]2C[C@@H](O)CN2C(=O)[C@@H](NC(=O)CCOCCOCCOCCCC(=O)c2ccc(C(=O)Nc3n[nH]c4c3CN(C(=O)C[C@H](CN(C)C)c3ccccc3)C4(C)C)cc2)C(C)(C)C)cc1. The molecule has 5 N–H and O–H groups in total. The zero-order valence-electron chi connectivity index (χ0n) is 47.6. The summed E-state index contributed by atoms with van der Waals surface area (Å²) in [4.78, 5) is 91.8. The second-order valence-electron chi connectivity index (χ2n) is 22.6. The van der Waals surface area contributed by atoms with E-state index in [9.17, 15) is 33.9 Å². The smallest absolute Gasteiger partial charge is 0.256 e. The highest BCUT2D eigenvalue weighted by Gasteiger charge is 2.46. The van der Waals surface area contributed by atoms with E-state index in [-0.39, 0.29) is 87.0 Å². The molecule has 3 aromatic carbocycles. The van der Waals surface area contributed by atoms with Crippen molar-refractivity contribution in [1.29, 1.82) is 0 Å². The second kappa shape index (κ2) is 27.7. The number of ether oxygens (including phenoxy) is 3. The highest BCUT2D eigenvalue weighted by Crippen LogP contribution is 2.42. The molecule has 0 radical (unpaired) electrons. The van der Waals surface area contributed by atoms with Gasteiger partial charge < -0.3 is 50.0 Å². The molecule has 1 fully saturated rings. The van der Waals surface area contributed by atoms with Crippen LogP contribution in [-0.4, -0.2) is 155 Å². The summed E-state index contributed by atoms with van der Waals surface area (Å²) in [5, 5.41) is 26.9. The van der Waals surface area contributed by atoms with Gasteiger partial charge in [0, 0.05) is 68.0 Å². The minimum Gasteiger partial charge on any atom is -0.391 e. The number of Topliss-reactive ketones (excluding diaryl/α,β-unsaturated/α-hetero) is 1. The number of rotatable bonds is 27. The lowest BCUT2D eigenvalue weighted by atomic mass is 9.85. The number of β-amino-alcohol motifs (C(OH)–C–C–N with tert-alkyl or cyclic N) is 1. The zero-order chi connectivity index (χ0) is 57.7. The van der Waals surface area contributed by atoms with E-state index >= 15 is 0 Å². The number of anilines is 1. The summed E-state index contributed by atoms with van der Waals surface area (Å²) in [6, 6.07) is 22.2. The number of aryl methyl sites for hydroxylation is 1. The van der Waals surface area contributed by atoms with Crippen LogP contribution in [0.25, 0.3) is 10.4 Å². The monoisotopic (exact) mass is 1120 g/mol. The number of nitrogens with zero attached hydrogens (tertiary/aromatic N) is 5. The average Bonchev–Trinajstić information content (AvgIpc) is 4.24. The molecule has 0 spiro atoms. The Labute approximate surface area is 473 Å². The van der Waals surface area contributed by atoms with Crippen LogP contribution in [0.4, 0.5) is 5.82 Å². The van der Waals surface area contributed by atoms with Gasteiger partial charge in [0.2, 0.25) is 23.6 Å². The van der Waals surface area contributed by atoms with E-state index in [0.29, 0.717) is 56.2 Å². The van der Waals surface area contributed by atoms with Crippen molar-refractivity contribution in [2.45, 2.75) is 123 Å². The molecule has 7 rings (SSSR count). The average molecular weight is 1120 g/mol. The number of thiazole rings is 1. The summed E-state index contributed by atoms with van der Waals surface area (Å²) in [6.07, 6.45) is 0.287. The summed E-state index contributed by atoms with van der Waals surface area (Å²) < 4.78 is 16.9. The normalized spacial score (nSPS) is 17.0. The molecule has 430 valence electrons. The van der Waals surface area contributed by atoms with Gasteiger partial charge in [0.05, 0.1) is 79.0 Å². The molecule has 0 aliphatic carbocycles. The molecule has 80 heavy (non-hydrogen) atoms. The fourth-order valence-electron chi connectivity index (χ4n) is 10.2. The number of H-pyrrole nitrogens is 1. The van der Waals surface area contributed by atoms with Crippen molar-refractivity contribution in [2.75, 3.05) is 72.1 Å². The number of aliphatic hydroxyl groups excluding tert-OH is 1. The number of carbonyl (C=O) groups excluding carboxylic acids is 6. The molecule has 5 atom stereocenters. The lowest BCUT2D eigenvalue weighted by molar-refractivity contribution is -0.144. The molecule has 4 heterocycles. The molecule has 0 unspecified atom stereocenters. The van der Waals surface area contributed by atoms with Gasteiger partial charge >= 0.3 is 0 Å². The summed E-state index contributed by atoms with van der Waals surface area (Å²) in [5.41, 5.74) is 6.83. The number of benzene rings is 3. The van der Waals surface area contributed by atoms with Crippen molar-refractivity contribution in [3.63, 3.8) is 0 Å². The van der Waals surface area contributed by atoms with Crippen LogP contribution >= 0.6 is 11.3 Å². The number of amides is 5. The van der Waals surface area contributed by atoms with Gasteiger partial charge in [-0.1, -0.05) is 87.5 Å². The van der Waals surface area contributed by atoms with Crippen molar-refractivity contribution < 1.29 is 48.1 Å². The van der Waals surface area contributed by atoms with Crippen molar-refractivity contribution in [1.82, 2.24) is 40.5 Å². The number of likely N-dealkylation sites (tertiary alicyclic amines) is 1. The molecule has 2 aliphatic rings. The van der Waals surface area contributed by atoms with Crippen molar-refractivity contribution >= 4 is 52.5 Å². The molecule has 2 aliphatic heterocycles. The number of fused-ring (bicyclic) bond motifs is 1. The van der Waals surface area contributed by atoms with Gasteiger partial charge in [0.1, 0.15) is 12.1 Å². The Morgan fingerprint density at radius 2 is 1.50 bits per heavy atom. The Morgan fingerprint density at radius 1 is 0.850 bits per heavy atom. The van der Waals surface area contributed by atoms with Gasteiger partial charge in [-0.25, -0.2) is 4.98 Å². The van der Waals surface area contributed by atoms with Crippen LogP contribution in [0.1, 0.15) is 134 Å². The molecule has 2 aromatic heterocycles. The number of likely N-dealkylation sites (N-methyl/N-ethyl adjacent to an activating group) is 1. The zero-order valence-corrected chi connectivity index (χ0v) is 48.5. The van der Waals surface area contributed by atoms with Gasteiger partial charge in [-0.15, -0.1) is 11.3 Å². The number of carbonyl (C=O) groups is 6. The third-order valence-electron chi connectivity index (χ3n) is 14.7. The van der Waals surface area contributed by atoms with Crippen LogP contribution in [0.2, 0.25) is 0 Å². The largest absolute Gasteiger partial charge is 0.391 e. The summed E-state index contributed by atoms with van der Waals surface area (Å²) in [7, 11) is 4.00. The van der Waals surface area contributed by atoms with Crippen molar-refractivity contribution in [3.05, 3.63) is 124 Å². The molecular formula is C60H79N9O10S. The predicted molar refractivity (Wildman–Crippen MR) is 306 cm³/mol. The quantitative estimate of drug-likeness (QED) is 0.0259. The van der Waals surface area contributed by atoms with Crippen LogP contribution in [0, 0.1) is 12.3 Å². The topological polar surface area (TPSA) is 238 Å². The maximum absolute atomic E-state index is 14.1. The Bertz CT molecular complexity index is 2900. The van der Waals surface area contributed by atoms with E-state index in [4.69, 9.17) is 14.2 Å². The number of hydrogen-bond donors (Lipinski definition) is 5. The van der Waals surface area contributed by atoms with Crippen LogP contribution in [0.3, 0.4) is 0 Å². The Balaban J connectivity index is 0.750. The molecule has 19 nitrogen and oxygen atoms in total. The summed E-state index contributed by atoms with van der Waals surface area (Å²) in [6.45, 7) is 15.9. The van der Waals surface area contributed by atoms with Gasteiger partial charge in [0.25, 0.3) is 5.91 Å². The minimum absolute atomic E-state index is 0.00232. The maximum atomic E-state index is 14.1. The van der Waals surface area contributed by atoms with Crippen LogP contribution in [0.5, 0.6) is 0 Å². The van der Waals surface area contributed by atoms with Crippen LogP contribution < -0.4 is 16.0 Å². The van der Waals surface area contributed by atoms with E-state index < -0.39 is 35.0 Å². The first-order chi connectivity index (χ1) is 38.1. The highest BCUT2D eigenvalue weighted by atomic mass is 32.1. The highest BCUT2D eigenvalue weighted by molar-refractivity contribution is 7.13. The van der Waals surface area contributed by atoms with Gasteiger partial charge in [-0.05, 0) is 82.4 Å². The molecular weight excluding hydrogens is 1040 g/mol. The first-order valence-corrected chi connectivity index (χ1v) is 28.3. The predicted octanol–water partition coefficient (Wildman–Crippen LogP) is 7.18. The first kappa shape index (κ1) is 61.0. The molecule has 5 amide bonds. The van der Waals surface area contributed by atoms with Gasteiger partial charge in [-0.3, -0.25) is 33.9 Å². The lowest BCUT2D eigenvalue weighted by Gasteiger charge is -2.35. The minimum atomic E-state index is -0.958. The Morgan fingerprint density at radius 3 is 2.14 bits per heavy atom. The molecule has 5 aromatic rings. The van der Waals surface area contributed by atoms with Crippen molar-refractivity contribution in [3.8, 4) is 10.4 Å². The molecule has 1 saturated heterocycles. The van der Waals surface area contributed by atoms with Crippen molar-refractivity contribution in [2.24, 2.45) is 5.41 Å². The summed E-state index contributed by atoms with van der Waals surface area (Å²) in [5.74, 6) is -1.26. The number of aliphatic hydroxyl groups is 1. The van der Waals surface area contributed by atoms with E-state index in [1.807, 2.05) is 115 Å². The standard InChI is InChI=1S/C60H79N9O10S/c1-38(40-17-21-43(22-18-40)52-39(2)61-37-80-52)62-57(75)48-33-46(70)35-68(48)58(76)54(59(3,4)5)63-50(72)25-27-78-29-31-79-30-28-77-26-13-16-49(71)42-19-23-44(24-20-42)56(74)64-55-47-36-69(60(6,7)53(47)65-66-55)51(73)32-45(34-67(8)9)41-14-11-10-12-15-41/h10-12,14-15,17-24,37-38,45-46,48,54,70H,13,16,25-36H2,1-9H3,(H,62,75)(H,63,72)(H2,64,65,66,74)/t38-,45+,46+,48-,54+/m0/s1. The third kappa shape index (κ3) is 15.8. The number of hydrogen-bond acceptors (Lipinski definition) is 14. The van der Waals surface area contributed by atoms with E-state index in [1.54, 1.807) is 35.6 Å². The van der Waals surface area contributed by atoms with E-state index in [0.717, 1.165) is 45.1 Å². The van der Waals surface area contributed by atoms with Crippen LogP contribution in [0.15, 0.2) is 84.4 Å². The lowest BCUT2D eigenvalue weighted by Crippen LogP contribution is -2.58. The van der Waals surface area contributed by atoms with Gasteiger partial charge in [0.15, 0.2) is 11.6 Å². The van der Waals surface area contributed by atoms with E-state index in [2.05, 4.69) is 48.2 Å².